The van der Waals surface area contributed by atoms with Crippen LogP contribution < -0.4 is 10.2 Å². The van der Waals surface area contributed by atoms with Gasteiger partial charge in [-0.15, -0.1) is 0 Å². The smallest absolute Gasteiger partial charge is 0.407 e. The topological polar surface area (TPSA) is 67.4 Å². The molecular weight excluding hydrogens is 299 g/mol. The number of aromatic nitrogens is 2. The Hall–Kier alpha value is -1.92. The van der Waals surface area contributed by atoms with Gasteiger partial charge in [0.05, 0.1) is 6.20 Å². The first-order chi connectivity index (χ1) is 10.7. The number of hydrogen-bond donors (Lipinski definition) is 1. The zero-order valence-electron chi connectivity index (χ0n) is 14.4. The first-order valence-electron chi connectivity index (χ1n) is 7.89. The van der Waals surface area contributed by atoms with Crippen LogP contribution in [0.5, 0.6) is 0 Å². The van der Waals surface area contributed by atoms with E-state index in [2.05, 4.69) is 15.3 Å². The third kappa shape index (κ3) is 4.77. The van der Waals surface area contributed by atoms with E-state index < -0.39 is 17.5 Å². The molecule has 2 rings (SSSR count). The molecule has 23 heavy (non-hydrogen) atoms. The lowest BCUT2D eigenvalue weighted by molar-refractivity contribution is 0.0494. The van der Waals surface area contributed by atoms with Gasteiger partial charge in [0.25, 0.3) is 0 Å². The van der Waals surface area contributed by atoms with Gasteiger partial charge in [0.1, 0.15) is 11.4 Å². The van der Waals surface area contributed by atoms with Gasteiger partial charge >= 0.3 is 6.09 Å². The quantitative estimate of drug-likeness (QED) is 0.926. The largest absolute Gasteiger partial charge is 0.444 e. The molecule has 2 heterocycles. The number of hydrogen-bond acceptors (Lipinski definition) is 5. The Balaban J connectivity index is 1.94. The normalized spacial score (nSPS) is 19.6. The van der Waals surface area contributed by atoms with Crippen molar-refractivity contribution in [3.8, 4) is 0 Å². The summed E-state index contributed by atoms with van der Waals surface area (Å²) >= 11 is 0. The summed E-state index contributed by atoms with van der Waals surface area (Å²) in [5.74, 6) is 0.690. The molecule has 128 valence electrons. The number of anilines is 1. The first kappa shape index (κ1) is 17.4. The monoisotopic (exact) mass is 324 g/mol. The Labute approximate surface area is 136 Å². The second-order valence-electron chi connectivity index (χ2n) is 7.02. The van der Waals surface area contributed by atoms with E-state index >= 15 is 0 Å². The van der Waals surface area contributed by atoms with Crippen LogP contribution in [0.25, 0.3) is 0 Å². The molecule has 0 bridgehead atoms. The number of rotatable bonds is 3. The Morgan fingerprint density at radius 2 is 2.22 bits per heavy atom. The second-order valence-corrected chi connectivity index (χ2v) is 7.02. The van der Waals surface area contributed by atoms with Crippen LogP contribution in [0.4, 0.5) is 15.0 Å². The lowest BCUT2D eigenvalue weighted by atomic mass is 10.0. The van der Waals surface area contributed by atoms with Gasteiger partial charge in [-0.2, -0.15) is 0 Å². The van der Waals surface area contributed by atoms with Crippen molar-refractivity contribution in [2.24, 2.45) is 5.92 Å². The van der Waals surface area contributed by atoms with E-state index in [-0.39, 0.29) is 12.0 Å². The minimum absolute atomic E-state index is 0.0548. The number of alkyl carbamates (subject to hydrolysis) is 1. The van der Waals surface area contributed by atoms with Gasteiger partial charge in [0.2, 0.25) is 0 Å². The maximum absolute atomic E-state index is 13.9. The van der Waals surface area contributed by atoms with Crippen LogP contribution in [0, 0.1) is 18.7 Å². The number of nitrogens with one attached hydrogen (secondary N) is 1. The minimum Gasteiger partial charge on any atom is -0.444 e. The molecule has 0 aliphatic carbocycles. The first-order valence-corrected chi connectivity index (χ1v) is 7.89. The zero-order chi connectivity index (χ0) is 17.2. The van der Waals surface area contributed by atoms with Gasteiger partial charge < -0.3 is 15.0 Å². The number of halogens is 1. The third-order valence-electron chi connectivity index (χ3n) is 3.82. The van der Waals surface area contributed by atoms with Crippen molar-refractivity contribution in [2.75, 3.05) is 18.0 Å². The van der Waals surface area contributed by atoms with Crippen LogP contribution >= 0.6 is 0 Å². The van der Waals surface area contributed by atoms with E-state index in [0.29, 0.717) is 24.7 Å². The second kappa shape index (κ2) is 6.68. The molecule has 1 aromatic heterocycles. The van der Waals surface area contributed by atoms with E-state index in [9.17, 15) is 9.18 Å². The van der Waals surface area contributed by atoms with Crippen LogP contribution in [-0.2, 0) is 4.74 Å². The SMILES string of the molecule is Cc1ncc(F)c(N2CCC(C(C)NC(=O)OC(C)(C)C)C2)n1. The maximum atomic E-state index is 13.9. The highest BCUT2D eigenvalue weighted by molar-refractivity contribution is 5.68. The molecule has 0 aromatic carbocycles. The van der Waals surface area contributed by atoms with Crippen molar-refractivity contribution in [3.63, 3.8) is 0 Å². The van der Waals surface area contributed by atoms with Crippen molar-refractivity contribution in [2.45, 2.75) is 52.7 Å². The van der Waals surface area contributed by atoms with E-state index in [0.717, 1.165) is 6.42 Å². The summed E-state index contributed by atoms with van der Waals surface area (Å²) in [6.45, 7) is 10.5. The van der Waals surface area contributed by atoms with E-state index in [4.69, 9.17) is 4.74 Å². The maximum Gasteiger partial charge on any atom is 0.407 e. The van der Waals surface area contributed by atoms with Crippen LogP contribution in [0.2, 0.25) is 0 Å². The van der Waals surface area contributed by atoms with Crippen molar-refractivity contribution in [1.29, 1.82) is 0 Å². The summed E-state index contributed by atoms with van der Waals surface area (Å²) < 4.78 is 19.2. The number of nitrogens with zero attached hydrogens (tertiary/aromatic N) is 3. The molecule has 0 spiro atoms. The van der Waals surface area contributed by atoms with Gasteiger partial charge in [-0.25, -0.2) is 19.2 Å². The fourth-order valence-electron chi connectivity index (χ4n) is 2.66. The van der Waals surface area contributed by atoms with Crippen molar-refractivity contribution in [1.82, 2.24) is 15.3 Å². The highest BCUT2D eigenvalue weighted by atomic mass is 19.1. The van der Waals surface area contributed by atoms with Crippen molar-refractivity contribution >= 4 is 11.9 Å². The molecule has 1 fully saturated rings. The molecular formula is C16H25FN4O2. The predicted octanol–water partition coefficient (Wildman–Crippen LogP) is 2.66. The molecule has 2 unspecified atom stereocenters. The van der Waals surface area contributed by atoms with E-state index in [1.54, 1.807) is 6.92 Å². The molecule has 1 N–H and O–H groups in total. The highest BCUT2D eigenvalue weighted by Gasteiger charge is 2.31. The van der Waals surface area contributed by atoms with Crippen LogP contribution in [-0.4, -0.2) is 40.8 Å². The summed E-state index contributed by atoms with van der Waals surface area (Å²) in [7, 11) is 0. The molecule has 1 aromatic rings. The number of ether oxygens (including phenoxy) is 1. The average Bonchev–Trinajstić information content (AvgIpc) is 2.88. The molecule has 0 radical (unpaired) electrons. The van der Waals surface area contributed by atoms with Crippen molar-refractivity contribution < 1.29 is 13.9 Å². The lowest BCUT2D eigenvalue weighted by Gasteiger charge is -2.25. The third-order valence-corrected chi connectivity index (χ3v) is 3.82. The Kier molecular flexibility index (Phi) is 5.06. The van der Waals surface area contributed by atoms with E-state index in [1.807, 2.05) is 32.6 Å². The molecule has 1 saturated heterocycles. The lowest BCUT2D eigenvalue weighted by Crippen LogP contribution is -2.42. The molecule has 0 saturated carbocycles. The number of amides is 1. The number of carbonyl (C=O) groups excluding carboxylic acids is 1. The Morgan fingerprint density at radius 3 is 2.87 bits per heavy atom. The van der Waals surface area contributed by atoms with Gasteiger partial charge in [0.15, 0.2) is 11.6 Å². The summed E-state index contributed by atoms with van der Waals surface area (Å²) in [6.07, 6.45) is 1.64. The molecule has 2 atom stereocenters. The fourth-order valence-corrected chi connectivity index (χ4v) is 2.66. The standard InChI is InChI=1S/C16H25FN4O2/c1-10(19-15(22)23-16(3,4)5)12-6-7-21(9-12)14-13(17)8-18-11(2)20-14/h8,10,12H,6-7,9H2,1-5H3,(H,19,22). The van der Waals surface area contributed by atoms with Gasteiger partial charge in [-0.1, -0.05) is 0 Å². The summed E-state index contributed by atoms with van der Waals surface area (Å²) in [4.78, 5) is 21.8. The molecule has 6 nitrogen and oxygen atoms in total. The fraction of sp³-hybridized carbons (Fsp3) is 0.688. The minimum atomic E-state index is -0.521. The molecule has 1 aliphatic rings. The predicted molar refractivity (Wildman–Crippen MR) is 85.9 cm³/mol. The zero-order valence-corrected chi connectivity index (χ0v) is 14.4. The van der Waals surface area contributed by atoms with Crippen molar-refractivity contribution in [3.05, 3.63) is 17.8 Å². The Morgan fingerprint density at radius 1 is 1.52 bits per heavy atom. The average molecular weight is 324 g/mol. The summed E-state index contributed by atoms with van der Waals surface area (Å²) in [5.41, 5.74) is -0.521. The van der Waals surface area contributed by atoms with Gasteiger partial charge in [0, 0.05) is 19.1 Å². The van der Waals surface area contributed by atoms with E-state index in [1.165, 1.54) is 6.20 Å². The number of aryl methyl sites for hydroxylation is 1. The molecule has 1 amide bonds. The highest BCUT2D eigenvalue weighted by Crippen LogP contribution is 2.26. The number of carbonyl (C=O) groups is 1. The molecule has 1 aliphatic heterocycles. The van der Waals surface area contributed by atoms with Gasteiger partial charge in [-0.3, -0.25) is 0 Å². The van der Waals surface area contributed by atoms with Gasteiger partial charge in [-0.05, 0) is 47.0 Å². The Bertz CT molecular complexity index is 574. The van der Waals surface area contributed by atoms with Crippen LogP contribution in [0.3, 0.4) is 0 Å². The summed E-state index contributed by atoms with van der Waals surface area (Å²) in [6, 6.07) is -0.0548. The van der Waals surface area contributed by atoms with Crippen LogP contribution in [0.15, 0.2) is 6.20 Å². The molecule has 7 heteroatoms. The van der Waals surface area contributed by atoms with Crippen LogP contribution in [0.1, 0.15) is 39.9 Å². The summed E-state index contributed by atoms with van der Waals surface area (Å²) in [5, 5.41) is 2.86.